The van der Waals surface area contributed by atoms with E-state index < -0.39 is 0 Å². The van der Waals surface area contributed by atoms with E-state index in [2.05, 4.69) is 48.6 Å². The Bertz CT molecular complexity index is 579. The molecule has 2 aromatic carbocycles. The van der Waals surface area contributed by atoms with Crippen LogP contribution < -0.4 is 10.1 Å². The number of ether oxygens (including phenoxy) is 1. The first-order valence-corrected chi connectivity index (χ1v) is 7.31. The van der Waals surface area contributed by atoms with Crippen LogP contribution in [0.3, 0.4) is 0 Å². The lowest BCUT2D eigenvalue weighted by atomic mass is 9.78. The van der Waals surface area contributed by atoms with Crippen LogP contribution in [0.2, 0.25) is 0 Å². The Kier molecular flexibility index (Phi) is 4.03. The van der Waals surface area contributed by atoms with Crippen molar-refractivity contribution in [3.63, 3.8) is 0 Å². The van der Waals surface area contributed by atoms with Crippen LogP contribution in [0, 0.1) is 6.92 Å². The van der Waals surface area contributed by atoms with Crippen molar-refractivity contribution in [1.82, 2.24) is 5.32 Å². The van der Waals surface area contributed by atoms with Gasteiger partial charge in [-0.2, -0.15) is 0 Å². The van der Waals surface area contributed by atoms with E-state index in [0.29, 0.717) is 5.92 Å². The predicted molar refractivity (Wildman–Crippen MR) is 82.4 cm³/mol. The molecule has 104 valence electrons. The maximum absolute atomic E-state index is 5.73. The number of rotatable bonds is 6. The third kappa shape index (κ3) is 3.02. The molecule has 2 nitrogen and oxygen atoms in total. The third-order valence-corrected chi connectivity index (χ3v) is 3.89. The predicted octanol–water partition coefficient (Wildman–Crippen LogP) is 3.30. The molecule has 1 unspecified atom stereocenters. The van der Waals surface area contributed by atoms with Gasteiger partial charge in [-0.3, -0.25) is 0 Å². The van der Waals surface area contributed by atoms with Crippen LogP contribution in [0.1, 0.15) is 22.6 Å². The highest BCUT2D eigenvalue weighted by Crippen LogP contribution is 2.33. The monoisotopic (exact) mass is 267 g/mol. The molecule has 3 rings (SSSR count). The maximum atomic E-state index is 5.73. The Hall–Kier alpha value is -1.80. The molecule has 0 bridgehead atoms. The van der Waals surface area contributed by atoms with Crippen molar-refractivity contribution in [2.45, 2.75) is 19.3 Å². The van der Waals surface area contributed by atoms with Gasteiger partial charge in [0.25, 0.3) is 0 Å². The van der Waals surface area contributed by atoms with Crippen LogP contribution in [-0.4, -0.2) is 19.7 Å². The largest absolute Gasteiger partial charge is 0.492 e. The van der Waals surface area contributed by atoms with E-state index in [0.717, 1.165) is 25.4 Å². The smallest absolute Gasteiger partial charge is 0.119 e. The lowest BCUT2D eigenvalue weighted by Gasteiger charge is -2.30. The molecule has 0 spiro atoms. The van der Waals surface area contributed by atoms with Crippen LogP contribution in [0.25, 0.3) is 0 Å². The zero-order valence-corrected chi connectivity index (χ0v) is 11.9. The number of benzene rings is 2. The molecule has 0 fully saturated rings. The Morgan fingerprint density at radius 3 is 2.90 bits per heavy atom. The average Bonchev–Trinajstić information content (AvgIpc) is 2.43. The van der Waals surface area contributed by atoms with Gasteiger partial charge in [0.15, 0.2) is 0 Å². The summed E-state index contributed by atoms with van der Waals surface area (Å²) in [6, 6.07) is 16.9. The Morgan fingerprint density at radius 2 is 2.05 bits per heavy atom. The van der Waals surface area contributed by atoms with E-state index in [1.165, 1.54) is 23.1 Å². The maximum Gasteiger partial charge on any atom is 0.119 e. The van der Waals surface area contributed by atoms with Gasteiger partial charge in [-0.15, -0.1) is 0 Å². The SMILES string of the molecule is Cc1cccc(OCCNCC2Cc3ccccc32)c1. The Morgan fingerprint density at radius 1 is 1.15 bits per heavy atom. The molecule has 0 radical (unpaired) electrons. The van der Waals surface area contributed by atoms with Crippen molar-refractivity contribution in [2.24, 2.45) is 0 Å². The number of hydrogen-bond donors (Lipinski definition) is 1. The van der Waals surface area contributed by atoms with Gasteiger partial charge < -0.3 is 10.1 Å². The second-order valence-corrected chi connectivity index (χ2v) is 5.47. The van der Waals surface area contributed by atoms with Crippen LogP contribution >= 0.6 is 0 Å². The third-order valence-electron chi connectivity index (χ3n) is 3.89. The molecule has 2 aromatic rings. The summed E-state index contributed by atoms with van der Waals surface area (Å²) in [5, 5.41) is 3.49. The summed E-state index contributed by atoms with van der Waals surface area (Å²) in [6.45, 7) is 4.75. The molecule has 0 aliphatic heterocycles. The molecule has 0 amide bonds. The van der Waals surface area contributed by atoms with E-state index in [-0.39, 0.29) is 0 Å². The zero-order valence-electron chi connectivity index (χ0n) is 11.9. The lowest BCUT2D eigenvalue weighted by Crippen LogP contribution is -2.31. The summed E-state index contributed by atoms with van der Waals surface area (Å²) in [7, 11) is 0. The summed E-state index contributed by atoms with van der Waals surface area (Å²) < 4.78 is 5.73. The van der Waals surface area contributed by atoms with Gasteiger partial charge in [0.05, 0.1) is 0 Å². The number of fused-ring (bicyclic) bond motifs is 1. The van der Waals surface area contributed by atoms with Crippen LogP contribution in [-0.2, 0) is 6.42 Å². The summed E-state index contributed by atoms with van der Waals surface area (Å²) in [5.74, 6) is 1.64. The number of hydrogen-bond acceptors (Lipinski definition) is 2. The van der Waals surface area contributed by atoms with Gasteiger partial charge in [0.2, 0.25) is 0 Å². The first-order valence-electron chi connectivity index (χ1n) is 7.31. The van der Waals surface area contributed by atoms with Crippen molar-refractivity contribution in [3.8, 4) is 5.75 Å². The van der Waals surface area contributed by atoms with Gasteiger partial charge in [-0.25, -0.2) is 0 Å². The fraction of sp³-hybridized carbons (Fsp3) is 0.333. The topological polar surface area (TPSA) is 21.3 Å². The highest BCUT2D eigenvalue weighted by Gasteiger charge is 2.24. The Labute approximate surface area is 120 Å². The normalized spacial score (nSPS) is 16.4. The summed E-state index contributed by atoms with van der Waals surface area (Å²) >= 11 is 0. The molecular formula is C18H21NO. The molecule has 0 heterocycles. The molecule has 1 N–H and O–H groups in total. The molecule has 0 aromatic heterocycles. The molecule has 2 heteroatoms. The van der Waals surface area contributed by atoms with Gasteiger partial charge >= 0.3 is 0 Å². The summed E-state index contributed by atoms with van der Waals surface area (Å²) in [6.07, 6.45) is 1.21. The van der Waals surface area contributed by atoms with Gasteiger partial charge in [-0.1, -0.05) is 36.4 Å². The highest BCUT2D eigenvalue weighted by molar-refractivity contribution is 5.40. The molecule has 0 saturated heterocycles. The van der Waals surface area contributed by atoms with Gasteiger partial charge in [0, 0.05) is 19.0 Å². The second kappa shape index (κ2) is 6.10. The van der Waals surface area contributed by atoms with E-state index >= 15 is 0 Å². The number of aryl methyl sites for hydroxylation is 1. The van der Waals surface area contributed by atoms with E-state index in [1.807, 2.05) is 12.1 Å². The van der Waals surface area contributed by atoms with Crippen LogP contribution in [0.5, 0.6) is 5.75 Å². The molecule has 1 atom stereocenters. The summed E-state index contributed by atoms with van der Waals surface area (Å²) in [5.41, 5.74) is 4.26. The van der Waals surface area contributed by atoms with E-state index in [1.54, 1.807) is 0 Å². The summed E-state index contributed by atoms with van der Waals surface area (Å²) in [4.78, 5) is 0. The molecule has 1 aliphatic carbocycles. The molecule has 20 heavy (non-hydrogen) atoms. The van der Waals surface area contributed by atoms with E-state index in [9.17, 15) is 0 Å². The fourth-order valence-electron chi connectivity index (χ4n) is 2.77. The van der Waals surface area contributed by atoms with Gasteiger partial charge in [0.1, 0.15) is 12.4 Å². The number of nitrogens with one attached hydrogen (secondary N) is 1. The van der Waals surface area contributed by atoms with Crippen LogP contribution in [0.4, 0.5) is 0 Å². The zero-order chi connectivity index (χ0) is 13.8. The average molecular weight is 267 g/mol. The van der Waals surface area contributed by atoms with Crippen LogP contribution in [0.15, 0.2) is 48.5 Å². The first-order chi connectivity index (χ1) is 9.83. The van der Waals surface area contributed by atoms with Crippen molar-refractivity contribution in [1.29, 1.82) is 0 Å². The highest BCUT2D eigenvalue weighted by atomic mass is 16.5. The van der Waals surface area contributed by atoms with Crippen molar-refractivity contribution in [3.05, 3.63) is 65.2 Å². The molecule has 0 saturated carbocycles. The Balaban J connectivity index is 1.36. The minimum absolute atomic E-state index is 0.685. The fourth-order valence-corrected chi connectivity index (χ4v) is 2.77. The lowest BCUT2D eigenvalue weighted by molar-refractivity contribution is 0.311. The van der Waals surface area contributed by atoms with Crippen molar-refractivity contribution in [2.75, 3.05) is 19.7 Å². The molecular weight excluding hydrogens is 246 g/mol. The van der Waals surface area contributed by atoms with Crippen molar-refractivity contribution >= 4 is 0 Å². The van der Waals surface area contributed by atoms with Gasteiger partial charge in [-0.05, 0) is 42.2 Å². The minimum atomic E-state index is 0.685. The standard InChI is InChI=1S/C18H21NO/c1-14-5-4-7-17(11-14)20-10-9-19-13-16-12-15-6-2-3-8-18(15)16/h2-8,11,16,19H,9-10,12-13H2,1H3. The quantitative estimate of drug-likeness (QED) is 0.811. The van der Waals surface area contributed by atoms with E-state index in [4.69, 9.17) is 4.74 Å². The minimum Gasteiger partial charge on any atom is -0.492 e. The second-order valence-electron chi connectivity index (χ2n) is 5.47. The first kappa shape index (κ1) is 13.2. The van der Waals surface area contributed by atoms with Crippen molar-refractivity contribution < 1.29 is 4.74 Å². The molecule has 1 aliphatic rings.